The highest BCUT2D eigenvalue weighted by Gasteiger charge is 2.37. The molecule has 0 bridgehead atoms. The van der Waals surface area contributed by atoms with Gasteiger partial charge in [-0.2, -0.15) is 0 Å². The van der Waals surface area contributed by atoms with E-state index in [1.807, 2.05) is 6.07 Å². The topological polar surface area (TPSA) is 21.3 Å². The predicted molar refractivity (Wildman–Crippen MR) is 133 cm³/mol. The van der Waals surface area contributed by atoms with Crippen LogP contribution >= 0.6 is 11.6 Å². The minimum Gasteiger partial charge on any atom is -0.489 e. The number of fused-ring (bicyclic) bond motifs is 4. The van der Waals surface area contributed by atoms with Gasteiger partial charge in [-0.15, -0.1) is 0 Å². The number of halogens is 1. The van der Waals surface area contributed by atoms with Crippen molar-refractivity contribution in [3.63, 3.8) is 0 Å². The Bertz CT molecular complexity index is 1310. The largest absolute Gasteiger partial charge is 0.489 e. The molecule has 158 valence electrons. The summed E-state index contributed by atoms with van der Waals surface area (Å²) < 4.78 is 6.15. The van der Waals surface area contributed by atoms with Gasteiger partial charge in [0.15, 0.2) is 0 Å². The van der Waals surface area contributed by atoms with Crippen molar-refractivity contribution in [3.8, 4) is 5.75 Å². The third-order valence-electron chi connectivity index (χ3n) is 6.84. The van der Waals surface area contributed by atoms with Crippen molar-refractivity contribution in [2.75, 3.05) is 5.32 Å². The van der Waals surface area contributed by atoms with Gasteiger partial charge >= 0.3 is 0 Å². The Morgan fingerprint density at radius 3 is 2.66 bits per heavy atom. The summed E-state index contributed by atoms with van der Waals surface area (Å²) in [5.74, 6) is 1.81. The molecule has 32 heavy (non-hydrogen) atoms. The van der Waals surface area contributed by atoms with Crippen LogP contribution in [-0.4, -0.2) is 0 Å². The van der Waals surface area contributed by atoms with Crippen LogP contribution in [0.5, 0.6) is 5.75 Å². The fraction of sp³-hybridized carbons (Fsp3) is 0.172. The first-order valence-electron chi connectivity index (χ1n) is 11.2. The van der Waals surface area contributed by atoms with Gasteiger partial charge in [0, 0.05) is 16.6 Å². The summed E-state index contributed by atoms with van der Waals surface area (Å²) in [5.41, 5.74) is 4.99. The van der Waals surface area contributed by atoms with Crippen LogP contribution in [0.25, 0.3) is 10.8 Å². The van der Waals surface area contributed by atoms with E-state index in [-0.39, 0.29) is 6.04 Å². The summed E-state index contributed by atoms with van der Waals surface area (Å²) in [4.78, 5) is 0. The van der Waals surface area contributed by atoms with E-state index in [0.29, 0.717) is 18.4 Å². The van der Waals surface area contributed by atoms with Crippen molar-refractivity contribution in [1.29, 1.82) is 0 Å². The lowest BCUT2D eigenvalue weighted by Crippen LogP contribution is -2.29. The molecule has 0 fully saturated rings. The molecular formula is C29H24ClNO. The standard InChI is InChI=1S/C29H24ClNO/c30-22-13-16-28-27(17-22)25-9-4-10-26(25)29(31-28)20-11-14-23(15-12-20)32-18-21-7-3-6-19-5-1-2-8-24(19)21/h1-9,11-17,25-26,29,31H,10,18H2/t25-,26+,29+/m1/s1. The minimum atomic E-state index is 0.274. The molecule has 4 aromatic carbocycles. The van der Waals surface area contributed by atoms with Gasteiger partial charge in [0.1, 0.15) is 12.4 Å². The van der Waals surface area contributed by atoms with Crippen LogP contribution in [0.4, 0.5) is 5.69 Å². The monoisotopic (exact) mass is 437 g/mol. The number of nitrogens with one attached hydrogen (secondary N) is 1. The van der Waals surface area contributed by atoms with E-state index < -0.39 is 0 Å². The maximum Gasteiger partial charge on any atom is 0.119 e. The van der Waals surface area contributed by atoms with Crippen molar-refractivity contribution in [1.82, 2.24) is 0 Å². The number of benzene rings is 4. The number of rotatable bonds is 4. The summed E-state index contributed by atoms with van der Waals surface area (Å²) in [6.45, 7) is 0.561. The average molecular weight is 438 g/mol. The fourth-order valence-electron chi connectivity index (χ4n) is 5.25. The third-order valence-corrected chi connectivity index (χ3v) is 7.07. The highest BCUT2D eigenvalue weighted by atomic mass is 35.5. The van der Waals surface area contributed by atoms with Crippen LogP contribution in [0.2, 0.25) is 5.02 Å². The predicted octanol–water partition coefficient (Wildman–Crippen LogP) is 7.90. The van der Waals surface area contributed by atoms with Gasteiger partial charge in [0.2, 0.25) is 0 Å². The van der Waals surface area contributed by atoms with Crippen LogP contribution in [0.1, 0.15) is 35.1 Å². The Labute approximate surface area is 193 Å². The van der Waals surface area contributed by atoms with E-state index in [1.165, 1.54) is 33.2 Å². The molecule has 0 saturated carbocycles. The number of hydrogen-bond acceptors (Lipinski definition) is 2. The molecule has 6 rings (SSSR count). The summed E-state index contributed by atoms with van der Waals surface area (Å²) >= 11 is 6.28. The maximum atomic E-state index is 6.28. The molecular weight excluding hydrogens is 414 g/mol. The fourth-order valence-corrected chi connectivity index (χ4v) is 5.43. The molecule has 1 N–H and O–H groups in total. The quantitative estimate of drug-likeness (QED) is 0.327. The van der Waals surface area contributed by atoms with E-state index in [2.05, 4.69) is 96.3 Å². The zero-order valence-corrected chi connectivity index (χ0v) is 18.4. The van der Waals surface area contributed by atoms with Crippen LogP contribution in [0, 0.1) is 5.92 Å². The Morgan fingerprint density at radius 2 is 1.75 bits per heavy atom. The maximum absolute atomic E-state index is 6.28. The summed E-state index contributed by atoms with van der Waals surface area (Å²) in [6.07, 6.45) is 5.73. The molecule has 0 spiro atoms. The zero-order valence-electron chi connectivity index (χ0n) is 17.7. The zero-order chi connectivity index (χ0) is 21.5. The second-order valence-electron chi connectivity index (χ2n) is 8.70. The second-order valence-corrected chi connectivity index (χ2v) is 9.14. The van der Waals surface area contributed by atoms with Crippen LogP contribution in [0.3, 0.4) is 0 Å². The van der Waals surface area contributed by atoms with Gasteiger partial charge in [-0.25, -0.2) is 0 Å². The number of ether oxygens (including phenoxy) is 1. The van der Waals surface area contributed by atoms with Crippen molar-refractivity contribution >= 4 is 28.1 Å². The van der Waals surface area contributed by atoms with Crippen molar-refractivity contribution < 1.29 is 4.74 Å². The van der Waals surface area contributed by atoms with E-state index in [9.17, 15) is 0 Å². The molecule has 2 aliphatic rings. The first-order valence-corrected chi connectivity index (χ1v) is 11.6. The number of allylic oxidation sites excluding steroid dienone is 2. The average Bonchev–Trinajstić information content (AvgIpc) is 3.33. The molecule has 4 aromatic rings. The van der Waals surface area contributed by atoms with Crippen molar-refractivity contribution in [3.05, 3.63) is 119 Å². The lowest BCUT2D eigenvalue weighted by molar-refractivity contribution is 0.307. The SMILES string of the molecule is Clc1ccc2c(c1)[C@@H]1C=CC[C@@H]1[C@H](c1ccc(OCc3cccc4ccccc34)cc1)N2. The molecule has 1 heterocycles. The highest BCUT2D eigenvalue weighted by Crippen LogP contribution is 2.50. The molecule has 0 radical (unpaired) electrons. The smallest absolute Gasteiger partial charge is 0.119 e. The molecule has 3 atom stereocenters. The molecule has 2 nitrogen and oxygen atoms in total. The molecule has 1 aliphatic carbocycles. The Hall–Kier alpha value is -3.23. The van der Waals surface area contributed by atoms with Crippen LogP contribution < -0.4 is 10.1 Å². The third kappa shape index (κ3) is 3.45. The summed E-state index contributed by atoms with van der Waals surface area (Å²) in [5, 5.41) is 7.06. The Kier molecular flexibility index (Phi) is 4.88. The van der Waals surface area contributed by atoms with Gasteiger partial charge in [-0.1, -0.05) is 78.4 Å². The summed E-state index contributed by atoms with van der Waals surface area (Å²) in [7, 11) is 0. The van der Waals surface area contributed by atoms with Gasteiger partial charge < -0.3 is 10.1 Å². The molecule has 0 aromatic heterocycles. The molecule has 0 saturated heterocycles. The first-order chi connectivity index (χ1) is 15.8. The Balaban J connectivity index is 1.22. The van der Waals surface area contributed by atoms with Crippen LogP contribution in [-0.2, 0) is 6.61 Å². The molecule has 3 heteroatoms. The van der Waals surface area contributed by atoms with Gasteiger partial charge in [-0.3, -0.25) is 0 Å². The summed E-state index contributed by atoms with van der Waals surface area (Å²) in [6, 6.07) is 29.9. The van der Waals surface area contributed by atoms with Gasteiger partial charge in [0.25, 0.3) is 0 Å². The molecule has 1 aliphatic heterocycles. The number of hydrogen-bond donors (Lipinski definition) is 1. The Morgan fingerprint density at radius 1 is 0.906 bits per heavy atom. The lowest BCUT2D eigenvalue weighted by Gasteiger charge is -2.37. The van der Waals surface area contributed by atoms with E-state index in [4.69, 9.17) is 16.3 Å². The van der Waals surface area contributed by atoms with E-state index in [1.54, 1.807) is 0 Å². The molecule has 0 amide bonds. The lowest BCUT2D eigenvalue weighted by atomic mass is 9.77. The molecule has 0 unspecified atom stereocenters. The van der Waals surface area contributed by atoms with E-state index >= 15 is 0 Å². The van der Waals surface area contributed by atoms with Gasteiger partial charge in [0.05, 0.1) is 6.04 Å². The highest BCUT2D eigenvalue weighted by molar-refractivity contribution is 6.30. The van der Waals surface area contributed by atoms with Crippen LogP contribution in [0.15, 0.2) is 97.1 Å². The van der Waals surface area contributed by atoms with Crippen molar-refractivity contribution in [2.45, 2.75) is 25.0 Å². The normalized spacial score (nSPS) is 21.1. The first kappa shape index (κ1) is 19.5. The number of anilines is 1. The second kappa shape index (κ2) is 8.03. The minimum absolute atomic E-state index is 0.274. The van der Waals surface area contributed by atoms with E-state index in [0.717, 1.165) is 17.2 Å². The van der Waals surface area contributed by atoms with Gasteiger partial charge in [-0.05, 0) is 70.1 Å². The van der Waals surface area contributed by atoms with Crippen molar-refractivity contribution in [2.24, 2.45) is 5.92 Å².